The van der Waals surface area contributed by atoms with Crippen LogP contribution < -0.4 is 0 Å². The smallest absolute Gasteiger partial charge is 1.00 e. The Morgan fingerprint density at radius 3 is 2.32 bits per heavy atom. The maximum Gasteiger partial charge on any atom is 2.00 e. The molecule has 128 valence electrons. The first-order chi connectivity index (χ1) is 10.2. The Morgan fingerprint density at radius 1 is 1.00 bits per heavy atom. The molecule has 3 nitrogen and oxygen atoms in total. The Labute approximate surface area is 169 Å². The molecule has 0 aliphatic heterocycles. The maximum absolute atomic E-state index is 10.3. The summed E-state index contributed by atoms with van der Waals surface area (Å²) in [6.45, 7) is 2.20. The van der Waals surface area contributed by atoms with Crippen LogP contribution in [0.25, 0.3) is 0 Å². The van der Waals surface area contributed by atoms with Crippen molar-refractivity contribution in [2.24, 2.45) is 0 Å². The largest absolute Gasteiger partial charge is 2.00 e. The van der Waals surface area contributed by atoms with E-state index in [4.69, 9.17) is 5.11 Å². The van der Waals surface area contributed by atoms with Crippen molar-refractivity contribution < 1.29 is 17.9 Å². The fourth-order valence-electron chi connectivity index (χ4n) is 2.36. The van der Waals surface area contributed by atoms with Crippen molar-refractivity contribution in [2.45, 2.75) is 96.5 Å². The molecule has 0 bridgehead atoms. The second-order valence-corrected chi connectivity index (χ2v) is 5.91. The van der Waals surface area contributed by atoms with Gasteiger partial charge in [0.1, 0.15) is 0 Å². The minimum Gasteiger partial charge on any atom is -1.00 e. The molecule has 0 heterocycles. The van der Waals surface area contributed by atoms with E-state index >= 15 is 0 Å². The Morgan fingerprint density at radius 2 is 1.64 bits per heavy atom. The zero-order valence-electron chi connectivity index (χ0n) is 16.4. The summed E-state index contributed by atoms with van der Waals surface area (Å²) in [6, 6.07) is 0. The Bertz CT molecular complexity index is 277. The van der Waals surface area contributed by atoms with Crippen molar-refractivity contribution in [2.75, 3.05) is 0 Å². The number of aliphatic hydroxyl groups excluding tert-OH is 1. The molecule has 0 fully saturated rings. The van der Waals surface area contributed by atoms with E-state index in [1.807, 2.05) is 0 Å². The Hall–Kier alpha value is 0.430. The van der Waals surface area contributed by atoms with Gasteiger partial charge < -0.3 is 13.1 Å². The molecule has 0 unspecified atom stereocenters. The molecule has 0 aromatic rings. The van der Waals surface area contributed by atoms with Gasteiger partial charge in [-0.3, -0.25) is 4.79 Å². The van der Waals surface area contributed by atoms with Gasteiger partial charge in [0.15, 0.2) is 0 Å². The Kier molecular flexibility index (Phi) is 21.8. The van der Waals surface area contributed by atoms with Crippen LogP contribution in [0, 0.1) is 0 Å². The van der Waals surface area contributed by atoms with E-state index in [9.17, 15) is 9.90 Å². The van der Waals surface area contributed by atoms with Crippen LogP contribution in [0.3, 0.4) is 0 Å². The van der Waals surface area contributed by atoms with E-state index in [2.05, 4.69) is 19.1 Å². The molecule has 0 amide bonds. The van der Waals surface area contributed by atoms with Crippen LogP contribution in [0.15, 0.2) is 12.2 Å². The third-order valence-electron chi connectivity index (χ3n) is 3.73. The van der Waals surface area contributed by atoms with Crippen LogP contribution in [0.2, 0.25) is 0 Å². The standard InChI is InChI=1S/C18H34O3.Ca.2H/c1-2-3-4-11-14-17(19)15-12-9-7-5-6-8-10-13-16-18(20)21;;;/h9,12,17,19H,2-8,10-11,13-16H2,1H3,(H,20,21);;;/q;+2;2*-1/b12-9-;;;/t17-;;;/m1.../s1. The van der Waals surface area contributed by atoms with Gasteiger partial charge >= 0.3 is 43.7 Å². The van der Waals surface area contributed by atoms with E-state index in [1.54, 1.807) is 0 Å². The van der Waals surface area contributed by atoms with Crippen molar-refractivity contribution in [3.05, 3.63) is 12.2 Å². The van der Waals surface area contributed by atoms with Gasteiger partial charge in [0.2, 0.25) is 0 Å². The summed E-state index contributed by atoms with van der Waals surface area (Å²) in [5, 5.41) is 18.3. The molecule has 0 radical (unpaired) electrons. The molecule has 0 spiro atoms. The van der Waals surface area contributed by atoms with Crippen LogP contribution in [0.1, 0.15) is 93.2 Å². The zero-order valence-corrected chi connectivity index (χ0v) is 16.6. The van der Waals surface area contributed by atoms with Gasteiger partial charge in [-0.2, -0.15) is 0 Å². The first-order valence-electron chi connectivity index (χ1n) is 8.71. The molecule has 0 aromatic carbocycles. The van der Waals surface area contributed by atoms with Crippen LogP contribution in [0.5, 0.6) is 0 Å². The average Bonchev–Trinajstić information content (AvgIpc) is 2.45. The van der Waals surface area contributed by atoms with Crippen molar-refractivity contribution in [3.63, 3.8) is 0 Å². The van der Waals surface area contributed by atoms with Gasteiger partial charge in [-0.05, 0) is 32.1 Å². The predicted octanol–water partition coefficient (Wildman–Crippen LogP) is 4.92. The van der Waals surface area contributed by atoms with E-state index in [1.165, 1.54) is 25.7 Å². The molecule has 0 rings (SSSR count). The summed E-state index contributed by atoms with van der Waals surface area (Å²) < 4.78 is 0. The molecular formula is C18H36CaO3. The second kappa shape index (κ2) is 19.5. The quantitative estimate of drug-likeness (QED) is 0.253. The summed E-state index contributed by atoms with van der Waals surface area (Å²) in [6.07, 6.45) is 17.4. The summed E-state index contributed by atoms with van der Waals surface area (Å²) in [5.41, 5.74) is 0. The molecule has 0 aliphatic carbocycles. The molecule has 0 saturated heterocycles. The zero-order chi connectivity index (χ0) is 15.8. The summed E-state index contributed by atoms with van der Waals surface area (Å²) in [5.74, 6) is -0.689. The number of rotatable bonds is 15. The van der Waals surface area contributed by atoms with Gasteiger partial charge in [0, 0.05) is 6.42 Å². The van der Waals surface area contributed by atoms with Crippen molar-refractivity contribution in [1.29, 1.82) is 0 Å². The SMILES string of the molecule is CCCCCC[C@@H](O)C/C=C\CCCCCCCC(=O)O.[Ca+2].[H-].[H-]. The van der Waals surface area contributed by atoms with Crippen molar-refractivity contribution in [1.82, 2.24) is 0 Å². The van der Waals surface area contributed by atoms with Gasteiger partial charge in [0.05, 0.1) is 6.10 Å². The van der Waals surface area contributed by atoms with Crippen molar-refractivity contribution >= 4 is 43.7 Å². The number of unbranched alkanes of at least 4 members (excludes halogenated alkanes) is 8. The third-order valence-corrected chi connectivity index (χ3v) is 3.73. The van der Waals surface area contributed by atoms with Crippen molar-refractivity contribution in [3.8, 4) is 0 Å². The molecule has 2 N–H and O–H groups in total. The number of carboxylic acids is 1. The molecule has 0 aliphatic rings. The third kappa shape index (κ3) is 20.4. The number of aliphatic carboxylic acids is 1. The Balaban J connectivity index is -0.000000667. The van der Waals surface area contributed by atoms with Crippen LogP contribution in [0.4, 0.5) is 0 Å². The number of allylic oxidation sites excluding steroid dienone is 1. The molecule has 4 heteroatoms. The number of hydrogen-bond acceptors (Lipinski definition) is 2. The fraction of sp³-hybridized carbons (Fsp3) is 0.833. The van der Waals surface area contributed by atoms with Crippen LogP contribution in [-0.4, -0.2) is 60.0 Å². The predicted molar refractivity (Wildman–Crippen MR) is 96.5 cm³/mol. The fourth-order valence-corrected chi connectivity index (χ4v) is 2.36. The van der Waals surface area contributed by atoms with Crippen LogP contribution in [-0.2, 0) is 4.79 Å². The molecule has 0 aromatic heterocycles. The average molecular weight is 341 g/mol. The molecular weight excluding hydrogens is 304 g/mol. The summed E-state index contributed by atoms with van der Waals surface area (Å²) in [4.78, 5) is 10.3. The number of carboxylic acid groups (broad SMARTS) is 1. The number of hydrogen-bond donors (Lipinski definition) is 2. The number of aliphatic hydroxyl groups is 1. The molecule has 1 atom stereocenters. The minimum atomic E-state index is -0.689. The maximum atomic E-state index is 10.3. The van der Waals surface area contributed by atoms with Gasteiger partial charge in [-0.15, -0.1) is 0 Å². The minimum absolute atomic E-state index is 0. The monoisotopic (exact) mass is 340 g/mol. The van der Waals surface area contributed by atoms with E-state index < -0.39 is 5.97 Å². The van der Waals surface area contributed by atoms with Gasteiger partial charge in [-0.1, -0.05) is 64.0 Å². The number of carbonyl (C=O) groups is 1. The van der Waals surface area contributed by atoms with E-state index in [-0.39, 0.29) is 46.7 Å². The van der Waals surface area contributed by atoms with Crippen LogP contribution >= 0.6 is 0 Å². The van der Waals surface area contributed by atoms with Gasteiger partial charge in [-0.25, -0.2) is 0 Å². The molecule has 0 saturated carbocycles. The first-order valence-corrected chi connectivity index (χ1v) is 8.71. The molecule has 22 heavy (non-hydrogen) atoms. The summed E-state index contributed by atoms with van der Waals surface area (Å²) in [7, 11) is 0. The van der Waals surface area contributed by atoms with E-state index in [0.29, 0.717) is 6.42 Å². The topological polar surface area (TPSA) is 57.5 Å². The second-order valence-electron chi connectivity index (χ2n) is 5.91. The first kappa shape index (κ1) is 24.7. The van der Waals surface area contributed by atoms with E-state index in [0.717, 1.165) is 51.4 Å². The normalized spacial score (nSPS) is 12.3. The summed E-state index contributed by atoms with van der Waals surface area (Å²) >= 11 is 0. The van der Waals surface area contributed by atoms with Gasteiger partial charge in [0.25, 0.3) is 0 Å².